The minimum Gasteiger partial charge on any atom is -0.343 e. The first-order valence-corrected chi connectivity index (χ1v) is 34.3. The Kier molecular flexibility index (Phi) is 30.8. The predicted octanol–water partition coefficient (Wildman–Crippen LogP) is 4.99. The zero-order valence-corrected chi connectivity index (χ0v) is 60.3. The molecule has 546 valence electrons. The summed E-state index contributed by atoms with van der Waals surface area (Å²) in [7, 11) is 9.52. The number of likely N-dealkylation sites (tertiary alicyclic amines) is 1. The molecule has 12 amide bonds. The summed E-state index contributed by atoms with van der Waals surface area (Å²) in [6, 6.07) is -7.13. The average molecular weight is 1380 g/mol. The summed E-state index contributed by atoms with van der Waals surface area (Å²) >= 11 is 0. The van der Waals surface area contributed by atoms with Gasteiger partial charge in [0.05, 0.1) is 31.6 Å². The molecule has 3 fully saturated rings. The van der Waals surface area contributed by atoms with E-state index < -0.39 is 168 Å². The Morgan fingerprint density at radius 2 is 1.13 bits per heavy atom. The van der Waals surface area contributed by atoms with Gasteiger partial charge in [-0.15, -0.1) is 0 Å². The molecule has 2 heterocycles. The molecule has 1 saturated carbocycles. The van der Waals surface area contributed by atoms with Crippen molar-refractivity contribution in [1.82, 2.24) is 60.5 Å². The van der Waals surface area contributed by atoms with E-state index in [0.717, 1.165) is 62.7 Å². The maximum atomic E-state index is 15.1. The van der Waals surface area contributed by atoms with E-state index >= 15 is 4.79 Å². The lowest BCUT2D eigenvalue weighted by Gasteiger charge is -2.39. The van der Waals surface area contributed by atoms with E-state index in [1.54, 1.807) is 39.5 Å². The molecule has 0 radical (unpaired) electrons. The van der Waals surface area contributed by atoms with Crippen molar-refractivity contribution >= 4 is 70.9 Å². The van der Waals surface area contributed by atoms with Crippen molar-refractivity contribution < 1.29 is 75.1 Å². The minimum atomic E-state index is -5.01. The Hall–Kier alpha value is -7.42. The van der Waals surface area contributed by atoms with Crippen LogP contribution in [0.4, 0.5) is 17.6 Å². The van der Waals surface area contributed by atoms with Crippen molar-refractivity contribution in [2.75, 3.05) is 82.1 Å². The van der Waals surface area contributed by atoms with Crippen molar-refractivity contribution in [3.05, 3.63) is 35.1 Å². The molecule has 97 heavy (non-hydrogen) atoms. The Bertz CT molecular complexity index is 2950. The summed E-state index contributed by atoms with van der Waals surface area (Å²) in [4.78, 5) is 185. The van der Waals surface area contributed by atoms with Crippen LogP contribution in [0.1, 0.15) is 170 Å². The van der Waals surface area contributed by atoms with Gasteiger partial charge in [0.25, 0.3) is 0 Å². The number of nitrogens with one attached hydrogen (secondary N) is 4. The van der Waals surface area contributed by atoms with Gasteiger partial charge in [-0.25, -0.2) is 4.39 Å². The molecule has 4 rings (SSSR count). The SMILES string of the molecule is CC[C@H](C)[C@@H]1NC(=O)[C@H](CC(C)C)N(C)C(=O)C[C@@H](C(=O)N2CCCC2)N(C)C(=O)[C@H](CC(C)C)NC(=O)C(C)(C)N(C)C(=O)[C@@H](CC(C)C)NC(=O)[C@H](CCc2ccc(C(F)(F)F)c(F)c2)NC(=O)CN(C)C(=O)[C@H](CC2CCCCC2)N(C)C(=O)CN(C)C(=O)CN(C)C1=O. The van der Waals surface area contributed by atoms with Crippen molar-refractivity contribution in [3.63, 3.8) is 0 Å². The smallest absolute Gasteiger partial charge is 0.343 e. The fourth-order valence-electron chi connectivity index (χ4n) is 12.6. The third kappa shape index (κ3) is 23.1. The summed E-state index contributed by atoms with van der Waals surface area (Å²) in [5.41, 5.74) is -3.30. The molecule has 1 aliphatic carbocycles. The monoisotopic (exact) mass is 1370 g/mol. The minimum absolute atomic E-state index is 0.00944. The zero-order chi connectivity index (χ0) is 73.3. The normalized spacial score (nSPS) is 24.9. The van der Waals surface area contributed by atoms with Gasteiger partial charge in [-0.2, -0.15) is 13.2 Å². The number of likely N-dealkylation sites (N-methyl/N-ethyl adjacent to an activating group) is 7. The van der Waals surface area contributed by atoms with Crippen molar-refractivity contribution in [3.8, 4) is 0 Å². The molecule has 0 bridgehead atoms. The van der Waals surface area contributed by atoms with E-state index in [1.165, 1.54) is 73.0 Å². The van der Waals surface area contributed by atoms with E-state index in [0.29, 0.717) is 44.5 Å². The molecule has 28 heteroatoms. The van der Waals surface area contributed by atoms with Gasteiger partial charge < -0.3 is 60.5 Å². The number of benzene rings is 1. The van der Waals surface area contributed by atoms with Crippen LogP contribution in [-0.4, -0.2) is 240 Å². The van der Waals surface area contributed by atoms with Crippen LogP contribution >= 0.6 is 0 Å². The van der Waals surface area contributed by atoms with Crippen molar-refractivity contribution in [2.24, 2.45) is 29.6 Å². The topological polar surface area (TPSA) is 279 Å². The van der Waals surface area contributed by atoms with E-state index in [4.69, 9.17) is 0 Å². The van der Waals surface area contributed by atoms with Crippen LogP contribution < -0.4 is 21.3 Å². The van der Waals surface area contributed by atoms with Crippen LogP contribution in [-0.2, 0) is 70.1 Å². The quantitative estimate of drug-likeness (QED) is 0.179. The second-order valence-corrected chi connectivity index (χ2v) is 28.9. The van der Waals surface area contributed by atoms with E-state index in [9.17, 15) is 70.3 Å². The first-order valence-electron chi connectivity index (χ1n) is 34.3. The molecule has 1 aromatic rings. The van der Waals surface area contributed by atoms with Gasteiger partial charge in [0.1, 0.15) is 53.6 Å². The Morgan fingerprint density at radius 3 is 1.68 bits per heavy atom. The number of hydrogen-bond donors (Lipinski definition) is 4. The molecular weight excluding hydrogens is 1260 g/mol. The van der Waals surface area contributed by atoms with Gasteiger partial charge >= 0.3 is 6.18 Å². The third-order valence-corrected chi connectivity index (χ3v) is 19.3. The summed E-state index contributed by atoms with van der Waals surface area (Å²) < 4.78 is 55.9. The van der Waals surface area contributed by atoms with Gasteiger partial charge in [0, 0.05) is 62.4 Å². The van der Waals surface area contributed by atoms with Gasteiger partial charge in [0.15, 0.2) is 0 Å². The molecule has 24 nitrogen and oxygen atoms in total. The second-order valence-electron chi connectivity index (χ2n) is 28.9. The molecule has 3 aliphatic rings. The molecule has 0 unspecified atom stereocenters. The number of aryl methyl sites for hydroxylation is 1. The standard InChI is InChI=1S/C69H110F4N12O12/c1-18-44(8)59-66(96)80(13)39-57(88)78(11)40-58(89)82(15)53(36-45-24-20-19-21-25-45)64(94)79(12)38-55(86)74-49(29-27-46-26-28-47(48(70)35-46)69(71,72)73)60(90)75-51(33-42(4)5)63(93)84(17)68(9,10)67(97)76-50(32-41(2)3)62(92)83(16)54(65(95)85-30-22-23-31-85)37-56(87)81(14)52(34-43(6)7)61(91)77-59/h26,28,35,41-45,49-54,59H,18-25,27,29-34,36-40H2,1-17H3,(H,74,86)(H,75,90)(H,76,97)(H,77,91)/t44-,49-,50-,51+,52-,53-,54-,59-/m0/s1. The summed E-state index contributed by atoms with van der Waals surface area (Å²) in [5.74, 6) is -11.7. The number of amides is 12. The molecule has 8 atom stereocenters. The van der Waals surface area contributed by atoms with Gasteiger partial charge in [-0.1, -0.05) is 100.0 Å². The first-order chi connectivity index (χ1) is 45.1. The maximum absolute atomic E-state index is 15.1. The number of carbonyl (C=O) groups is 12. The molecule has 1 aromatic carbocycles. The number of rotatable bonds is 14. The summed E-state index contributed by atoms with van der Waals surface area (Å²) in [6.07, 6.45) is -0.0432. The maximum Gasteiger partial charge on any atom is 0.419 e. The molecular formula is C69H110F4N12O12. The summed E-state index contributed by atoms with van der Waals surface area (Å²) in [6.45, 7) is 16.1. The fraction of sp³-hybridized carbons (Fsp3) is 0.739. The van der Waals surface area contributed by atoms with Crippen LogP contribution in [0.5, 0.6) is 0 Å². The van der Waals surface area contributed by atoms with Crippen LogP contribution in [0.25, 0.3) is 0 Å². The third-order valence-electron chi connectivity index (χ3n) is 19.3. The van der Waals surface area contributed by atoms with Gasteiger partial charge in [-0.05, 0) is 112 Å². The highest BCUT2D eigenvalue weighted by molar-refractivity contribution is 6.00. The molecule has 4 N–H and O–H groups in total. The van der Waals surface area contributed by atoms with Crippen LogP contribution in [0.15, 0.2) is 18.2 Å². The number of carbonyl (C=O) groups excluding carboxylic acids is 12. The number of hydrogen-bond acceptors (Lipinski definition) is 12. The molecule has 0 spiro atoms. The lowest BCUT2D eigenvalue weighted by Crippen LogP contribution is -2.63. The van der Waals surface area contributed by atoms with Crippen molar-refractivity contribution in [1.29, 1.82) is 0 Å². The van der Waals surface area contributed by atoms with E-state index in [2.05, 4.69) is 21.3 Å². The van der Waals surface area contributed by atoms with E-state index in [-0.39, 0.29) is 67.8 Å². The molecule has 0 aromatic heterocycles. The lowest BCUT2D eigenvalue weighted by atomic mass is 9.84. The van der Waals surface area contributed by atoms with Gasteiger partial charge in [-0.3, -0.25) is 57.5 Å². The van der Waals surface area contributed by atoms with Crippen molar-refractivity contribution in [2.45, 2.75) is 220 Å². The Balaban J connectivity index is 1.88. The predicted molar refractivity (Wildman–Crippen MR) is 356 cm³/mol. The van der Waals surface area contributed by atoms with Gasteiger partial charge in [0.2, 0.25) is 70.9 Å². The highest BCUT2D eigenvalue weighted by Gasteiger charge is 2.45. The lowest BCUT2D eigenvalue weighted by molar-refractivity contribution is -0.151. The van der Waals surface area contributed by atoms with Crippen LogP contribution in [0.3, 0.4) is 0 Å². The second kappa shape index (κ2) is 36.4. The highest BCUT2D eigenvalue weighted by atomic mass is 19.4. The largest absolute Gasteiger partial charge is 0.419 e. The fourth-order valence-corrected chi connectivity index (χ4v) is 12.6. The summed E-state index contributed by atoms with van der Waals surface area (Å²) in [5, 5.41) is 11.0. The molecule has 2 aliphatic heterocycles. The van der Waals surface area contributed by atoms with Crippen LogP contribution in [0, 0.1) is 35.4 Å². The first kappa shape index (κ1) is 82.0. The van der Waals surface area contributed by atoms with E-state index in [1.807, 2.05) is 20.8 Å². The number of halogens is 4. The number of alkyl halides is 3. The molecule has 2 saturated heterocycles. The Morgan fingerprint density at radius 1 is 0.588 bits per heavy atom. The zero-order valence-electron chi connectivity index (χ0n) is 60.3. The number of nitrogens with zero attached hydrogens (tertiary/aromatic N) is 8. The van der Waals surface area contributed by atoms with Crippen LogP contribution in [0.2, 0.25) is 0 Å². The highest BCUT2D eigenvalue weighted by Crippen LogP contribution is 2.33. The Labute approximate surface area is 570 Å². The average Bonchev–Trinajstić information content (AvgIpc) is 1.10.